The van der Waals surface area contributed by atoms with Gasteiger partial charge in [0.15, 0.2) is 11.0 Å². The van der Waals surface area contributed by atoms with E-state index in [2.05, 4.69) is 47.7 Å². The molecule has 0 saturated carbocycles. The number of rotatable bonds is 7. The van der Waals surface area contributed by atoms with Crippen LogP contribution in [0.2, 0.25) is 0 Å². The van der Waals surface area contributed by atoms with Gasteiger partial charge in [-0.1, -0.05) is 54.1 Å². The Morgan fingerprint density at radius 1 is 1.09 bits per heavy atom. The zero-order chi connectivity index (χ0) is 22.3. The third kappa shape index (κ3) is 5.34. The number of benzene rings is 2. The molecular formula is C26H23N3O2S. The number of amidine groups is 1. The predicted octanol–water partition coefficient (Wildman–Crippen LogP) is 5.76. The van der Waals surface area contributed by atoms with Crippen molar-refractivity contribution >= 4 is 34.7 Å². The smallest absolute Gasteiger partial charge is 0.267 e. The first-order chi connectivity index (χ1) is 15.6. The molecule has 1 fully saturated rings. The number of hydrogen-bond donors (Lipinski definition) is 0. The highest BCUT2D eigenvalue weighted by molar-refractivity contribution is 8.18. The third-order valence-corrected chi connectivity index (χ3v) is 5.77. The van der Waals surface area contributed by atoms with Gasteiger partial charge in [-0.25, -0.2) is 9.98 Å². The number of hydrogen-bond acceptors (Lipinski definition) is 5. The van der Waals surface area contributed by atoms with Gasteiger partial charge in [0.25, 0.3) is 5.91 Å². The number of ether oxygens (including phenoxy) is 1. The molecule has 0 bridgehead atoms. The normalized spacial score (nSPS) is 16.0. The van der Waals surface area contributed by atoms with Crippen LogP contribution in [0, 0.1) is 6.92 Å². The minimum absolute atomic E-state index is 0.0933. The second-order valence-electron chi connectivity index (χ2n) is 7.24. The lowest BCUT2D eigenvalue weighted by atomic mass is 10.1. The molecule has 6 heteroatoms. The van der Waals surface area contributed by atoms with Crippen LogP contribution in [0.5, 0.6) is 5.75 Å². The molecule has 3 aromatic rings. The number of carbonyl (C=O) groups is 1. The van der Waals surface area contributed by atoms with E-state index in [0.29, 0.717) is 29.0 Å². The first kappa shape index (κ1) is 21.6. The minimum Gasteiger partial charge on any atom is -0.489 e. The summed E-state index contributed by atoms with van der Waals surface area (Å²) in [5, 5.41) is 0.595. The quantitative estimate of drug-likeness (QED) is 0.346. The lowest BCUT2D eigenvalue weighted by Crippen LogP contribution is -2.29. The molecule has 1 aliphatic rings. The molecule has 1 aromatic heterocycles. The van der Waals surface area contributed by atoms with E-state index in [1.165, 1.54) is 17.3 Å². The van der Waals surface area contributed by atoms with Crippen LogP contribution < -0.4 is 4.74 Å². The van der Waals surface area contributed by atoms with E-state index < -0.39 is 0 Å². The van der Waals surface area contributed by atoms with Gasteiger partial charge in [-0.2, -0.15) is 0 Å². The Bertz CT molecular complexity index is 1150. The van der Waals surface area contributed by atoms with Gasteiger partial charge in [0.1, 0.15) is 12.4 Å². The number of nitrogens with zero attached hydrogens (tertiary/aromatic N) is 3. The highest BCUT2D eigenvalue weighted by atomic mass is 32.2. The van der Waals surface area contributed by atoms with Gasteiger partial charge in [-0.15, -0.1) is 6.58 Å². The van der Waals surface area contributed by atoms with E-state index in [1.807, 2.05) is 42.5 Å². The van der Waals surface area contributed by atoms with Crippen molar-refractivity contribution in [3.05, 3.63) is 107 Å². The zero-order valence-corrected chi connectivity index (χ0v) is 18.6. The van der Waals surface area contributed by atoms with Crippen molar-refractivity contribution in [2.24, 2.45) is 4.99 Å². The summed E-state index contributed by atoms with van der Waals surface area (Å²) in [6.45, 7) is 6.72. The molecule has 160 valence electrons. The van der Waals surface area contributed by atoms with Crippen molar-refractivity contribution in [1.29, 1.82) is 0 Å². The van der Waals surface area contributed by atoms with Gasteiger partial charge in [-0.05, 0) is 60.2 Å². The third-order valence-electron chi connectivity index (χ3n) is 4.76. The van der Waals surface area contributed by atoms with Crippen molar-refractivity contribution < 1.29 is 9.53 Å². The first-order valence-corrected chi connectivity index (χ1v) is 11.0. The standard InChI is InChI=1S/C26H23N3O2S/c1-3-16-29-25(30)23(32-26(29)28-24-6-4-5-15-27-24)17-20-11-13-22(14-12-20)31-18-21-9-7-19(2)8-10-21/h3-15,17H,1,16,18H2,2H3/b23-17-,28-26+. The van der Waals surface area contributed by atoms with Gasteiger partial charge in [0.2, 0.25) is 0 Å². The van der Waals surface area contributed by atoms with E-state index in [4.69, 9.17) is 4.74 Å². The van der Waals surface area contributed by atoms with E-state index in [9.17, 15) is 4.79 Å². The molecule has 2 aromatic carbocycles. The maximum Gasteiger partial charge on any atom is 0.267 e. The topological polar surface area (TPSA) is 54.8 Å². The molecule has 1 amide bonds. The van der Waals surface area contributed by atoms with Crippen LogP contribution in [0.25, 0.3) is 6.08 Å². The van der Waals surface area contributed by atoms with Crippen molar-refractivity contribution in [2.45, 2.75) is 13.5 Å². The first-order valence-electron chi connectivity index (χ1n) is 10.2. The fourth-order valence-corrected chi connectivity index (χ4v) is 4.06. The van der Waals surface area contributed by atoms with Crippen molar-refractivity contribution in [1.82, 2.24) is 9.88 Å². The fraction of sp³-hybridized carbons (Fsp3) is 0.115. The molecule has 0 unspecified atom stereocenters. The second kappa shape index (κ2) is 10.1. The summed E-state index contributed by atoms with van der Waals surface area (Å²) in [4.78, 5) is 23.9. The van der Waals surface area contributed by atoms with Crippen molar-refractivity contribution in [3.63, 3.8) is 0 Å². The SMILES string of the molecule is C=CCN1C(=O)/C(=C/c2ccc(OCc3ccc(C)cc3)cc2)S/C1=N/c1ccccn1. The lowest BCUT2D eigenvalue weighted by molar-refractivity contribution is -0.121. The largest absolute Gasteiger partial charge is 0.489 e. The maximum absolute atomic E-state index is 12.9. The highest BCUT2D eigenvalue weighted by Crippen LogP contribution is 2.34. The van der Waals surface area contributed by atoms with Crippen molar-refractivity contribution in [2.75, 3.05) is 6.54 Å². The average Bonchev–Trinajstić information content (AvgIpc) is 3.09. The van der Waals surface area contributed by atoms with Gasteiger partial charge in [0, 0.05) is 12.7 Å². The van der Waals surface area contributed by atoms with Crippen LogP contribution in [-0.4, -0.2) is 27.5 Å². The summed E-state index contributed by atoms with van der Waals surface area (Å²) in [6.07, 6.45) is 5.24. The Labute approximate surface area is 192 Å². The molecule has 4 rings (SSSR count). The molecule has 2 heterocycles. The Hall–Kier alpha value is -3.64. The predicted molar refractivity (Wildman–Crippen MR) is 131 cm³/mol. The number of aryl methyl sites for hydroxylation is 1. The van der Waals surface area contributed by atoms with Crippen LogP contribution in [0.3, 0.4) is 0 Å². The molecule has 5 nitrogen and oxygen atoms in total. The molecule has 0 atom stereocenters. The summed E-state index contributed by atoms with van der Waals surface area (Å²) >= 11 is 1.34. The molecule has 1 saturated heterocycles. The van der Waals surface area contributed by atoms with Crippen LogP contribution >= 0.6 is 11.8 Å². The minimum atomic E-state index is -0.0933. The number of thioether (sulfide) groups is 1. The number of aromatic nitrogens is 1. The van der Waals surface area contributed by atoms with Crippen LogP contribution in [0.15, 0.2) is 95.5 Å². The molecule has 1 aliphatic heterocycles. The molecule has 0 radical (unpaired) electrons. The summed E-state index contributed by atoms with van der Waals surface area (Å²) < 4.78 is 5.87. The van der Waals surface area contributed by atoms with Crippen LogP contribution in [0.4, 0.5) is 5.82 Å². The number of amides is 1. The molecular weight excluding hydrogens is 418 g/mol. The van der Waals surface area contributed by atoms with Gasteiger partial charge in [0.05, 0.1) is 4.91 Å². The van der Waals surface area contributed by atoms with E-state index in [1.54, 1.807) is 23.2 Å². The molecule has 0 spiro atoms. The fourth-order valence-electron chi connectivity index (χ4n) is 3.06. The lowest BCUT2D eigenvalue weighted by Gasteiger charge is -2.12. The number of pyridine rings is 1. The summed E-state index contributed by atoms with van der Waals surface area (Å²) in [6, 6.07) is 21.5. The molecule has 32 heavy (non-hydrogen) atoms. The summed E-state index contributed by atoms with van der Waals surface area (Å²) in [5.41, 5.74) is 3.27. The Kier molecular flexibility index (Phi) is 6.82. The number of carbonyl (C=O) groups excluding carboxylic acids is 1. The Morgan fingerprint density at radius 2 is 1.88 bits per heavy atom. The summed E-state index contributed by atoms with van der Waals surface area (Å²) in [7, 11) is 0. The van der Waals surface area contributed by atoms with Gasteiger partial charge in [-0.3, -0.25) is 9.69 Å². The number of aliphatic imine (C=N–C) groups is 1. The summed E-state index contributed by atoms with van der Waals surface area (Å²) in [5.74, 6) is 1.25. The Morgan fingerprint density at radius 3 is 2.56 bits per heavy atom. The van der Waals surface area contributed by atoms with E-state index >= 15 is 0 Å². The van der Waals surface area contributed by atoms with E-state index in [-0.39, 0.29) is 5.91 Å². The van der Waals surface area contributed by atoms with Crippen LogP contribution in [-0.2, 0) is 11.4 Å². The molecule has 0 aliphatic carbocycles. The average molecular weight is 442 g/mol. The van der Waals surface area contributed by atoms with E-state index in [0.717, 1.165) is 16.9 Å². The monoisotopic (exact) mass is 441 g/mol. The van der Waals surface area contributed by atoms with Crippen molar-refractivity contribution in [3.8, 4) is 5.75 Å². The maximum atomic E-state index is 12.9. The Balaban J connectivity index is 1.47. The zero-order valence-electron chi connectivity index (χ0n) is 17.8. The van der Waals surface area contributed by atoms with Gasteiger partial charge < -0.3 is 4.74 Å². The van der Waals surface area contributed by atoms with Gasteiger partial charge >= 0.3 is 0 Å². The highest BCUT2D eigenvalue weighted by Gasteiger charge is 2.32. The van der Waals surface area contributed by atoms with Crippen LogP contribution in [0.1, 0.15) is 16.7 Å². The second-order valence-corrected chi connectivity index (χ2v) is 8.25. The molecule has 0 N–H and O–H groups in total.